The van der Waals surface area contributed by atoms with Gasteiger partial charge in [-0.15, -0.1) is 0 Å². The lowest BCUT2D eigenvalue weighted by molar-refractivity contribution is 0.627. The standard InChI is InChI=1S/C19H15F2N/c1-12-10-17(13-2-6-15(20)7-3-13)19(22)18(11-12)14-4-8-16(21)9-5-14/h2-11H,22H2,1H3. The van der Waals surface area contributed by atoms with Crippen molar-refractivity contribution >= 4 is 5.69 Å². The molecule has 3 aromatic carbocycles. The Balaban J connectivity index is 2.17. The summed E-state index contributed by atoms with van der Waals surface area (Å²) < 4.78 is 26.2. The molecular formula is C19H15F2N. The monoisotopic (exact) mass is 295 g/mol. The molecule has 0 saturated heterocycles. The van der Waals surface area contributed by atoms with Crippen molar-refractivity contribution < 1.29 is 8.78 Å². The molecule has 22 heavy (non-hydrogen) atoms. The maximum Gasteiger partial charge on any atom is 0.123 e. The minimum Gasteiger partial charge on any atom is -0.398 e. The van der Waals surface area contributed by atoms with E-state index in [2.05, 4.69) is 0 Å². The van der Waals surface area contributed by atoms with Crippen LogP contribution in [0.5, 0.6) is 0 Å². The lowest BCUT2D eigenvalue weighted by Crippen LogP contribution is -1.96. The van der Waals surface area contributed by atoms with E-state index in [-0.39, 0.29) is 11.6 Å². The highest BCUT2D eigenvalue weighted by Crippen LogP contribution is 2.36. The molecule has 0 aliphatic carbocycles. The van der Waals surface area contributed by atoms with Crippen molar-refractivity contribution in [2.45, 2.75) is 6.92 Å². The zero-order valence-electron chi connectivity index (χ0n) is 12.1. The first-order valence-corrected chi connectivity index (χ1v) is 6.96. The summed E-state index contributed by atoms with van der Waals surface area (Å²) in [5, 5.41) is 0. The summed E-state index contributed by atoms with van der Waals surface area (Å²) >= 11 is 0. The quantitative estimate of drug-likeness (QED) is 0.647. The van der Waals surface area contributed by atoms with Crippen LogP contribution in [-0.2, 0) is 0 Å². The zero-order chi connectivity index (χ0) is 15.7. The second-order valence-corrected chi connectivity index (χ2v) is 5.29. The second kappa shape index (κ2) is 5.60. The Morgan fingerprint density at radius 3 is 1.41 bits per heavy atom. The van der Waals surface area contributed by atoms with Crippen LogP contribution >= 0.6 is 0 Å². The summed E-state index contributed by atoms with van der Waals surface area (Å²) in [6, 6.07) is 16.4. The summed E-state index contributed by atoms with van der Waals surface area (Å²) in [5.41, 5.74) is 11.3. The summed E-state index contributed by atoms with van der Waals surface area (Å²) in [7, 11) is 0. The van der Waals surface area contributed by atoms with Gasteiger partial charge in [0.15, 0.2) is 0 Å². The topological polar surface area (TPSA) is 26.0 Å². The summed E-state index contributed by atoms with van der Waals surface area (Å²) in [6.07, 6.45) is 0. The average Bonchev–Trinajstić information content (AvgIpc) is 2.51. The predicted molar refractivity (Wildman–Crippen MR) is 86.4 cm³/mol. The molecule has 2 N–H and O–H groups in total. The highest BCUT2D eigenvalue weighted by atomic mass is 19.1. The van der Waals surface area contributed by atoms with Gasteiger partial charge in [0, 0.05) is 16.8 Å². The van der Waals surface area contributed by atoms with Crippen molar-refractivity contribution in [3.63, 3.8) is 0 Å². The lowest BCUT2D eigenvalue weighted by atomic mass is 9.94. The summed E-state index contributed by atoms with van der Waals surface area (Å²) in [4.78, 5) is 0. The van der Waals surface area contributed by atoms with Gasteiger partial charge in [0.1, 0.15) is 11.6 Å². The van der Waals surface area contributed by atoms with Crippen LogP contribution in [0.1, 0.15) is 5.56 Å². The van der Waals surface area contributed by atoms with Crippen molar-refractivity contribution in [1.82, 2.24) is 0 Å². The van der Waals surface area contributed by atoms with Gasteiger partial charge in [-0.1, -0.05) is 24.3 Å². The molecule has 0 saturated carbocycles. The third-order valence-electron chi connectivity index (χ3n) is 3.63. The van der Waals surface area contributed by atoms with E-state index in [1.807, 2.05) is 19.1 Å². The van der Waals surface area contributed by atoms with Crippen LogP contribution in [0.2, 0.25) is 0 Å². The lowest BCUT2D eigenvalue weighted by Gasteiger charge is -2.13. The molecule has 0 radical (unpaired) electrons. The molecule has 0 aliphatic heterocycles. The van der Waals surface area contributed by atoms with Crippen LogP contribution < -0.4 is 5.73 Å². The van der Waals surface area contributed by atoms with Gasteiger partial charge in [0.2, 0.25) is 0 Å². The number of hydrogen-bond donors (Lipinski definition) is 1. The molecule has 0 unspecified atom stereocenters. The smallest absolute Gasteiger partial charge is 0.123 e. The molecule has 0 spiro atoms. The summed E-state index contributed by atoms with van der Waals surface area (Å²) in [5.74, 6) is -0.567. The number of anilines is 1. The fraction of sp³-hybridized carbons (Fsp3) is 0.0526. The highest BCUT2D eigenvalue weighted by molar-refractivity contribution is 5.89. The van der Waals surface area contributed by atoms with E-state index >= 15 is 0 Å². The predicted octanol–water partition coefficient (Wildman–Crippen LogP) is 5.19. The van der Waals surface area contributed by atoms with Crippen molar-refractivity contribution in [1.29, 1.82) is 0 Å². The molecule has 0 atom stereocenters. The van der Waals surface area contributed by atoms with Gasteiger partial charge in [0.05, 0.1) is 0 Å². The van der Waals surface area contributed by atoms with Gasteiger partial charge in [-0.25, -0.2) is 8.78 Å². The molecule has 3 rings (SSSR count). The van der Waals surface area contributed by atoms with Gasteiger partial charge < -0.3 is 5.73 Å². The average molecular weight is 295 g/mol. The van der Waals surface area contributed by atoms with E-state index in [0.717, 1.165) is 27.8 Å². The van der Waals surface area contributed by atoms with Gasteiger partial charge in [-0.05, 0) is 60.0 Å². The maximum atomic E-state index is 13.1. The Labute approximate surface area is 128 Å². The van der Waals surface area contributed by atoms with Crippen LogP contribution in [0.4, 0.5) is 14.5 Å². The number of aryl methyl sites for hydroxylation is 1. The first kappa shape index (κ1) is 14.3. The van der Waals surface area contributed by atoms with E-state index in [0.29, 0.717) is 5.69 Å². The van der Waals surface area contributed by atoms with Gasteiger partial charge in [-0.3, -0.25) is 0 Å². The molecule has 0 heterocycles. The van der Waals surface area contributed by atoms with Crippen LogP contribution in [0.25, 0.3) is 22.3 Å². The van der Waals surface area contributed by atoms with Crippen molar-refractivity contribution in [3.05, 3.63) is 77.9 Å². The van der Waals surface area contributed by atoms with Crippen molar-refractivity contribution in [3.8, 4) is 22.3 Å². The van der Waals surface area contributed by atoms with Crippen LogP contribution in [0, 0.1) is 18.6 Å². The molecule has 0 fully saturated rings. The van der Waals surface area contributed by atoms with E-state index in [4.69, 9.17) is 5.73 Å². The zero-order valence-corrected chi connectivity index (χ0v) is 12.1. The molecule has 1 nitrogen and oxygen atoms in total. The number of benzene rings is 3. The van der Waals surface area contributed by atoms with Crippen LogP contribution in [0.3, 0.4) is 0 Å². The number of nitrogens with two attached hydrogens (primary N) is 1. The number of hydrogen-bond acceptors (Lipinski definition) is 1. The molecule has 3 heteroatoms. The van der Waals surface area contributed by atoms with Gasteiger partial charge in [0.25, 0.3) is 0 Å². The number of rotatable bonds is 2. The van der Waals surface area contributed by atoms with Crippen LogP contribution in [-0.4, -0.2) is 0 Å². The first-order valence-electron chi connectivity index (χ1n) is 6.96. The van der Waals surface area contributed by atoms with Crippen molar-refractivity contribution in [2.75, 3.05) is 5.73 Å². The van der Waals surface area contributed by atoms with E-state index in [1.54, 1.807) is 24.3 Å². The largest absolute Gasteiger partial charge is 0.398 e. The van der Waals surface area contributed by atoms with Crippen LogP contribution in [0.15, 0.2) is 60.7 Å². The first-order chi connectivity index (χ1) is 10.5. The van der Waals surface area contributed by atoms with E-state index in [9.17, 15) is 8.78 Å². The molecule has 3 aromatic rings. The Hall–Kier alpha value is -2.68. The third kappa shape index (κ3) is 2.70. The Morgan fingerprint density at radius 1 is 0.682 bits per heavy atom. The molecule has 0 bridgehead atoms. The molecule has 0 aliphatic rings. The molecule has 110 valence electrons. The SMILES string of the molecule is Cc1cc(-c2ccc(F)cc2)c(N)c(-c2ccc(F)cc2)c1. The number of nitrogen functional groups attached to an aromatic ring is 1. The maximum absolute atomic E-state index is 13.1. The fourth-order valence-electron chi connectivity index (χ4n) is 2.53. The molecule has 0 aromatic heterocycles. The summed E-state index contributed by atoms with van der Waals surface area (Å²) in [6.45, 7) is 1.97. The van der Waals surface area contributed by atoms with Gasteiger partial charge >= 0.3 is 0 Å². The fourth-order valence-corrected chi connectivity index (χ4v) is 2.53. The number of halogens is 2. The third-order valence-corrected chi connectivity index (χ3v) is 3.63. The van der Waals surface area contributed by atoms with E-state index < -0.39 is 0 Å². The van der Waals surface area contributed by atoms with Crippen molar-refractivity contribution in [2.24, 2.45) is 0 Å². The van der Waals surface area contributed by atoms with E-state index in [1.165, 1.54) is 24.3 Å². The Kier molecular flexibility index (Phi) is 3.63. The Bertz CT molecular complexity index is 739. The minimum atomic E-state index is -0.284. The molecular weight excluding hydrogens is 280 g/mol. The minimum absolute atomic E-state index is 0.284. The normalized spacial score (nSPS) is 10.7. The van der Waals surface area contributed by atoms with Gasteiger partial charge in [-0.2, -0.15) is 0 Å². The highest BCUT2D eigenvalue weighted by Gasteiger charge is 2.11. The Morgan fingerprint density at radius 2 is 1.05 bits per heavy atom. The second-order valence-electron chi connectivity index (χ2n) is 5.29. The molecule has 0 amide bonds.